The number of benzene rings is 1. The third-order valence-corrected chi connectivity index (χ3v) is 6.09. The minimum absolute atomic E-state index is 0.00213. The van der Waals surface area contributed by atoms with Gasteiger partial charge in [-0.3, -0.25) is 14.4 Å². The third kappa shape index (κ3) is 4.30. The van der Waals surface area contributed by atoms with Gasteiger partial charge in [0.1, 0.15) is 5.69 Å². The molecule has 2 aliphatic heterocycles. The Morgan fingerprint density at radius 2 is 1.87 bits per heavy atom. The number of halogens is 3. The van der Waals surface area contributed by atoms with E-state index in [0.29, 0.717) is 31.0 Å². The maximum atomic E-state index is 13.0. The zero-order valence-corrected chi connectivity index (χ0v) is 17.0. The minimum Gasteiger partial charge on any atom is -0.369 e. The Bertz CT molecular complexity index is 889. The predicted octanol–water partition coefficient (Wildman–Crippen LogP) is 2.87. The number of hydrogen-bond donors (Lipinski definition) is 0. The molecule has 0 aliphatic carbocycles. The molecule has 4 rings (SSSR count). The lowest BCUT2D eigenvalue weighted by Crippen LogP contribution is -2.56. The number of anilines is 1. The van der Waals surface area contributed by atoms with Gasteiger partial charge in [0.15, 0.2) is 0 Å². The zero-order valence-electron chi connectivity index (χ0n) is 17.0. The molecular weight excluding hydrogens is 395 g/mol. The van der Waals surface area contributed by atoms with Gasteiger partial charge >= 0.3 is 6.18 Å². The minimum atomic E-state index is -4.33. The van der Waals surface area contributed by atoms with Crippen LogP contribution in [0.3, 0.4) is 0 Å². The Hall–Kier alpha value is -2.55. The topological polar surface area (TPSA) is 44.6 Å². The van der Waals surface area contributed by atoms with Gasteiger partial charge in [0.05, 0.1) is 5.56 Å². The molecule has 2 aliphatic rings. The molecule has 0 spiro atoms. The molecular formula is C21H26F3N5O. The van der Waals surface area contributed by atoms with E-state index >= 15 is 0 Å². The van der Waals surface area contributed by atoms with Crippen molar-refractivity contribution in [2.24, 2.45) is 7.05 Å². The summed E-state index contributed by atoms with van der Waals surface area (Å²) in [5.74, 6) is 0.00213. The van der Waals surface area contributed by atoms with E-state index in [9.17, 15) is 18.0 Å². The van der Waals surface area contributed by atoms with E-state index in [4.69, 9.17) is 0 Å². The Labute approximate surface area is 173 Å². The van der Waals surface area contributed by atoms with Crippen LogP contribution in [0.2, 0.25) is 0 Å². The fourth-order valence-corrected chi connectivity index (χ4v) is 4.41. The van der Waals surface area contributed by atoms with E-state index in [1.165, 1.54) is 12.1 Å². The van der Waals surface area contributed by atoms with Crippen molar-refractivity contribution in [2.45, 2.75) is 25.1 Å². The number of piperidine rings is 1. The van der Waals surface area contributed by atoms with Gasteiger partial charge in [0.25, 0.3) is 5.91 Å². The van der Waals surface area contributed by atoms with Crippen LogP contribution in [0.1, 0.15) is 28.9 Å². The summed E-state index contributed by atoms with van der Waals surface area (Å²) in [6, 6.07) is 7.55. The number of alkyl halides is 3. The van der Waals surface area contributed by atoms with Gasteiger partial charge in [-0.1, -0.05) is 6.07 Å². The van der Waals surface area contributed by atoms with Gasteiger partial charge in [-0.15, -0.1) is 0 Å². The lowest BCUT2D eigenvalue weighted by molar-refractivity contribution is -0.137. The molecule has 2 saturated heterocycles. The van der Waals surface area contributed by atoms with Crippen molar-refractivity contribution >= 4 is 11.6 Å². The first kappa shape index (κ1) is 20.7. The van der Waals surface area contributed by atoms with E-state index in [1.807, 2.05) is 9.80 Å². The molecule has 0 N–H and O–H groups in total. The number of piperazine rings is 1. The Morgan fingerprint density at radius 3 is 2.53 bits per heavy atom. The normalized spacial score (nSPS) is 21.1. The molecule has 0 saturated carbocycles. The van der Waals surface area contributed by atoms with Crippen LogP contribution in [0.25, 0.3) is 0 Å². The Morgan fingerprint density at radius 1 is 1.10 bits per heavy atom. The highest BCUT2D eigenvalue weighted by molar-refractivity contribution is 5.92. The fraction of sp³-hybridized carbons (Fsp3) is 0.524. The highest BCUT2D eigenvalue weighted by atomic mass is 19.4. The molecule has 1 atom stereocenters. The molecule has 2 fully saturated rings. The molecule has 0 radical (unpaired) electrons. The summed E-state index contributed by atoms with van der Waals surface area (Å²) in [4.78, 5) is 19.1. The fourth-order valence-electron chi connectivity index (χ4n) is 4.41. The number of carbonyl (C=O) groups excluding carboxylic acids is 1. The molecule has 6 nitrogen and oxygen atoms in total. The maximum absolute atomic E-state index is 13.0. The molecule has 162 valence electrons. The number of nitrogens with zero attached hydrogens (tertiary/aromatic N) is 5. The zero-order chi connectivity index (χ0) is 21.3. The number of rotatable bonds is 3. The first-order chi connectivity index (χ1) is 14.3. The molecule has 1 amide bonds. The van der Waals surface area contributed by atoms with Crippen LogP contribution < -0.4 is 4.90 Å². The second kappa shape index (κ2) is 8.29. The summed E-state index contributed by atoms with van der Waals surface area (Å²) < 4.78 is 40.6. The van der Waals surface area contributed by atoms with Crippen LogP contribution in [-0.2, 0) is 13.2 Å². The summed E-state index contributed by atoms with van der Waals surface area (Å²) >= 11 is 0. The average Bonchev–Trinajstić information content (AvgIpc) is 3.19. The van der Waals surface area contributed by atoms with Crippen LogP contribution in [0.4, 0.5) is 18.9 Å². The third-order valence-electron chi connectivity index (χ3n) is 6.09. The van der Waals surface area contributed by atoms with Crippen molar-refractivity contribution in [3.8, 4) is 0 Å². The molecule has 0 unspecified atom stereocenters. The standard InChI is InChI=1S/C21H26F3N5O/c1-26-19(7-8-25-26)20(30)29-9-3-6-18(15-29)28-12-10-27(11-13-28)17-5-2-4-16(14-17)21(22,23)24/h2,4-5,7-8,14,18H,3,6,9-13,15H2,1H3/t18-/m1/s1. The smallest absolute Gasteiger partial charge is 0.369 e. The van der Waals surface area contributed by atoms with Gasteiger partial charge in [-0.05, 0) is 37.1 Å². The number of likely N-dealkylation sites (tertiary alicyclic amines) is 1. The number of carbonyl (C=O) groups is 1. The molecule has 1 aromatic heterocycles. The van der Waals surface area contributed by atoms with Gasteiger partial charge in [0, 0.05) is 64.2 Å². The number of aromatic nitrogens is 2. The summed E-state index contributed by atoms with van der Waals surface area (Å²) in [6.07, 6.45) is -0.730. The SMILES string of the molecule is Cn1nccc1C(=O)N1CCC[C@@H](N2CCN(c3cccc(C(F)(F)F)c3)CC2)C1. The van der Waals surface area contributed by atoms with Crippen molar-refractivity contribution in [3.63, 3.8) is 0 Å². The van der Waals surface area contributed by atoms with Crippen molar-refractivity contribution < 1.29 is 18.0 Å². The van der Waals surface area contributed by atoms with Crippen LogP contribution in [0.5, 0.6) is 0 Å². The summed E-state index contributed by atoms with van der Waals surface area (Å²) in [5.41, 5.74) is 0.588. The summed E-state index contributed by atoms with van der Waals surface area (Å²) in [7, 11) is 1.77. The van der Waals surface area contributed by atoms with Crippen molar-refractivity contribution in [1.82, 2.24) is 19.6 Å². The van der Waals surface area contributed by atoms with Crippen molar-refractivity contribution in [3.05, 3.63) is 47.8 Å². The quantitative estimate of drug-likeness (QED) is 0.765. The highest BCUT2D eigenvalue weighted by Crippen LogP contribution is 2.32. The summed E-state index contributed by atoms with van der Waals surface area (Å²) in [6.45, 7) is 4.31. The van der Waals surface area contributed by atoms with E-state index in [0.717, 1.165) is 38.5 Å². The Balaban J connectivity index is 1.36. The molecule has 3 heterocycles. The summed E-state index contributed by atoms with van der Waals surface area (Å²) in [5, 5.41) is 4.08. The Kier molecular flexibility index (Phi) is 5.73. The molecule has 0 bridgehead atoms. The number of hydrogen-bond acceptors (Lipinski definition) is 4. The first-order valence-corrected chi connectivity index (χ1v) is 10.3. The van der Waals surface area contributed by atoms with Crippen molar-refractivity contribution in [1.29, 1.82) is 0 Å². The van der Waals surface area contributed by atoms with Crippen molar-refractivity contribution in [2.75, 3.05) is 44.2 Å². The number of aryl methyl sites for hydroxylation is 1. The van der Waals surface area contributed by atoms with Gasteiger partial charge < -0.3 is 9.80 Å². The second-order valence-electron chi connectivity index (χ2n) is 7.96. The van der Waals surface area contributed by atoms with Crippen LogP contribution in [0, 0.1) is 0 Å². The van der Waals surface area contributed by atoms with Gasteiger partial charge in [-0.25, -0.2) is 0 Å². The van der Waals surface area contributed by atoms with Gasteiger partial charge in [-0.2, -0.15) is 18.3 Å². The maximum Gasteiger partial charge on any atom is 0.416 e. The van der Waals surface area contributed by atoms with E-state index in [2.05, 4.69) is 10.00 Å². The van der Waals surface area contributed by atoms with Crippen LogP contribution in [-0.4, -0.2) is 70.8 Å². The van der Waals surface area contributed by atoms with E-state index in [-0.39, 0.29) is 11.9 Å². The molecule has 30 heavy (non-hydrogen) atoms. The van der Waals surface area contributed by atoms with Gasteiger partial charge in [0.2, 0.25) is 0 Å². The second-order valence-corrected chi connectivity index (χ2v) is 7.96. The molecule has 1 aromatic carbocycles. The average molecular weight is 421 g/mol. The van der Waals surface area contributed by atoms with Crippen LogP contribution >= 0.6 is 0 Å². The largest absolute Gasteiger partial charge is 0.416 e. The first-order valence-electron chi connectivity index (χ1n) is 10.3. The lowest BCUT2D eigenvalue weighted by Gasteiger charge is -2.44. The molecule has 2 aromatic rings. The number of amides is 1. The lowest BCUT2D eigenvalue weighted by atomic mass is 10.0. The predicted molar refractivity (Wildman–Crippen MR) is 107 cm³/mol. The van der Waals surface area contributed by atoms with E-state index < -0.39 is 11.7 Å². The molecule has 9 heteroatoms. The highest BCUT2D eigenvalue weighted by Gasteiger charge is 2.33. The van der Waals surface area contributed by atoms with E-state index in [1.54, 1.807) is 30.1 Å². The van der Waals surface area contributed by atoms with Crippen LogP contribution in [0.15, 0.2) is 36.5 Å². The monoisotopic (exact) mass is 421 g/mol.